The van der Waals surface area contributed by atoms with E-state index in [-0.39, 0.29) is 5.63 Å². The Morgan fingerprint density at radius 1 is 0.880 bits per heavy atom. The molecule has 134 valence electrons. The van der Waals surface area contributed by atoms with Crippen molar-refractivity contribution in [2.24, 2.45) is 0 Å². The Bertz CT molecular complexity index is 859. The predicted octanol–water partition coefficient (Wildman–Crippen LogP) is 6.06. The highest BCUT2D eigenvalue weighted by Gasteiger charge is 2.14. The van der Waals surface area contributed by atoms with Crippen LogP contribution in [0.3, 0.4) is 0 Å². The average Bonchev–Trinajstić information content (AvgIpc) is 3.08. The van der Waals surface area contributed by atoms with Gasteiger partial charge in [-0.2, -0.15) is 0 Å². The van der Waals surface area contributed by atoms with Gasteiger partial charge < -0.3 is 13.6 Å². The van der Waals surface area contributed by atoms with Crippen LogP contribution in [-0.2, 0) is 0 Å². The first-order valence-corrected chi connectivity index (χ1v) is 9.36. The molecule has 2 aromatic heterocycles. The van der Waals surface area contributed by atoms with Gasteiger partial charge >= 0.3 is 5.63 Å². The summed E-state index contributed by atoms with van der Waals surface area (Å²) in [6.45, 7) is 2.84. The van der Waals surface area contributed by atoms with Crippen LogP contribution >= 0.6 is 0 Å². The monoisotopic (exact) mass is 342 g/mol. The van der Waals surface area contributed by atoms with Crippen LogP contribution in [0.1, 0.15) is 58.3 Å². The lowest BCUT2D eigenvalue weighted by Crippen LogP contribution is -2.01. The largest absolute Gasteiger partial charge is 0.486 e. The van der Waals surface area contributed by atoms with Gasteiger partial charge in [0.15, 0.2) is 11.2 Å². The standard InChI is InChI=1S/C21H26O4/c1-2-3-4-5-6-7-8-9-13-23-21-19-17(12-14-24-19)15-16-10-11-18(22)25-20(16)21/h10-12,14-15H,2-9,13H2,1H3. The second-order valence-electron chi connectivity index (χ2n) is 6.54. The van der Waals surface area contributed by atoms with Gasteiger partial charge in [-0.1, -0.05) is 51.9 Å². The lowest BCUT2D eigenvalue weighted by Gasteiger charge is -2.09. The average molecular weight is 342 g/mol. The highest BCUT2D eigenvalue weighted by Crippen LogP contribution is 2.35. The van der Waals surface area contributed by atoms with E-state index in [0.29, 0.717) is 23.5 Å². The molecule has 0 amide bonds. The molecular formula is C21H26O4. The van der Waals surface area contributed by atoms with E-state index in [1.165, 1.54) is 44.6 Å². The summed E-state index contributed by atoms with van der Waals surface area (Å²) in [7, 11) is 0. The van der Waals surface area contributed by atoms with Crippen molar-refractivity contribution in [3.8, 4) is 5.75 Å². The van der Waals surface area contributed by atoms with E-state index < -0.39 is 0 Å². The minimum absolute atomic E-state index is 0.379. The topological polar surface area (TPSA) is 52.6 Å². The van der Waals surface area contributed by atoms with Gasteiger partial charge in [-0.15, -0.1) is 0 Å². The summed E-state index contributed by atoms with van der Waals surface area (Å²) in [5.41, 5.74) is 0.728. The maximum atomic E-state index is 11.6. The lowest BCUT2D eigenvalue weighted by atomic mass is 10.1. The summed E-state index contributed by atoms with van der Waals surface area (Å²) in [4.78, 5) is 11.6. The zero-order valence-electron chi connectivity index (χ0n) is 14.9. The fourth-order valence-electron chi connectivity index (χ4n) is 3.15. The first-order valence-electron chi connectivity index (χ1n) is 9.36. The fourth-order valence-corrected chi connectivity index (χ4v) is 3.15. The van der Waals surface area contributed by atoms with Crippen molar-refractivity contribution in [2.45, 2.75) is 58.3 Å². The van der Waals surface area contributed by atoms with Crippen molar-refractivity contribution < 1.29 is 13.6 Å². The van der Waals surface area contributed by atoms with E-state index >= 15 is 0 Å². The molecule has 3 aromatic rings. The minimum atomic E-state index is -0.379. The first kappa shape index (κ1) is 17.6. The Kier molecular flexibility index (Phi) is 6.15. The summed E-state index contributed by atoms with van der Waals surface area (Å²) in [6, 6.07) is 7.02. The molecule has 0 radical (unpaired) electrons. The van der Waals surface area contributed by atoms with Gasteiger partial charge in [0.05, 0.1) is 12.9 Å². The highest BCUT2D eigenvalue weighted by atomic mass is 16.5. The molecule has 25 heavy (non-hydrogen) atoms. The van der Waals surface area contributed by atoms with Gasteiger partial charge in [0.1, 0.15) is 0 Å². The van der Waals surface area contributed by atoms with Crippen molar-refractivity contribution in [1.82, 2.24) is 0 Å². The number of ether oxygens (including phenoxy) is 1. The number of hydrogen-bond acceptors (Lipinski definition) is 4. The molecule has 0 N–H and O–H groups in total. The van der Waals surface area contributed by atoms with Gasteiger partial charge in [-0.25, -0.2) is 4.79 Å². The third kappa shape index (κ3) is 4.44. The van der Waals surface area contributed by atoms with Crippen LogP contribution in [0.15, 0.2) is 44.2 Å². The molecule has 0 aliphatic carbocycles. The second kappa shape index (κ2) is 8.75. The molecule has 0 fully saturated rings. The zero-order chi connectivity index (χ0) is 17.5. The van der Waals surface area contributed by atoms with Gasteiger partial charge in [0.2, 0.25) is 5.75 Å². The third-order valence-electron chi connectivity index (χ3n) is 4.53. The molecule has 3 rings (SSSR count). The SMILES string of the molecule is CCCCCCCCCCOc1c2occc2cc2ccc(=O)oc12. The number of rotatable bonds is 10. The zero-order valence-corrected chi connectivity index (χ0v) is 14.9. The van der Waals surface area contributed by atoms with Gasteiger partial charge in [0, 0.05) is 16.8 Å². The summed E-state index contributed by atoms with van der Waals surface area (Å²) < 4.78 is 16.9. The smallest absolute Gasteiger partial charge is 0.336 e. The fraction of sp³-hybridized carbons (Fsp3) is 0.476. The van der Waals surface area contributed by atoms with E-state index in [9.17, 15) is 4.79 Å². The molecule has 0 bridgehead atoms. The molecule has 2 heterocycles. The van der Waals surface area contributed by atoms with Crippen molar-refractivity contribution in [3.05, 3.63) is 40.9 Å². The third-order valence-corrected chi connectivity index (χ3v) is 4.53. The summed E-state index contributed by atoms with van der Waals surface area (Å²) in [5.74, 6) is 0.540. The van der Waals surface area contributed by atoms with Crippen LogP contribution in [0.5, 0.6) is 5.75 Å². The van der Waals surface area contributed by atoms with Crippen molar-refractivity contribution in [1.29, 1.82) is 0 Å². The molecule has 4 nitrogen and oxygen atoms in total. The predicted molar refractivity (Wildman–Crippen MR) is 100 cm³/mol. The normalized spacial score (nSPS) is 11.4. The number of unbranched alkanes of at least 4 members (excludes halogenated alkanes) is 7. The molecule has 0 spiro atoms. The maximum absolute atomic E-state index is 11.6. The van der Waals surface area contributed by atoms with E-state index in [1.807, 2.05) is 12.1 Å². The Hall–Kier alpha value is -2.23. The molecule has 0 saturated heterocycles. The molecular weight excluding hydrogens is 316 g/mol. The highest BCUT2D eigenvalue weighted by molar-refractivity contribution is 5.99. The van der Waals surface area contributed by atoms with Gasteiger partial charge in [-0.3, -0.25) is 0 Å². The summed E-state index contributed by atoms with van der Waals surface area (Å²) in [6.07, 6.45) is 11.6. The molecule has 0 atom stereocenters. The van der Waals surface area contributed by atoms with Crippen molar-refractivity contribution in [3.63, 3.8) is 0 Å². The summed E-state index contributed by atoms with van der Waals surface area (Å²) >= 11 is 0. The number of fused-ring (bicyclic) bond motifs is 2. The van der Waals surface area contributed by atoms with Gasteiger partial charge in [-0.05, 0) is 24.6 Å². The Labute approximate surface area is 147 Å². The van der Waals surface area contributed by atoms with Crippen LogP contribution in [-0.4, -0.2) is 6.61 Å². The Morgan fingerprint density at radius 2 is 1.60 bits per heavy atom. The molecule has 0 aliphatic heterocycles. The molecule has 0 saturated carbocycles. The molecule has 0 unspecified atom stereocenters. The number of furan rings is 1. The maximum Gasteiger partial charge on any atom is 0.336 e. The van der Waals surface area contributed by atoms with E-state index in [4.69, 9.17) is 13.6 Å². The lowest BCUT2D eigenvalue weighted by molar-refractivity contribution is 0.301. The van der Waals surface area contributed by atoms with Crippen molar-refractivity contribution >= 4 is 21.9 Å². The number of benzene rings is 1. The first-order chi connectivity index (χ1) is 12.3. The van der Waals surface area contributed by atoms with Crippen molar-refractivity contribution in [2.75, 3.05) is 6.61 Å². The van der Waals surface area contributed by atoms with Crippen LogP contribution < -0.4 is 10.4 Å². The van der Waals surface area contributed by atoms with Gasteiger partial charge in [0.25, 0.3) is 0 Å². The Balaban J connectivity index is 1.59. The Morgan fingerprint density at radius 3 is 2.40 bits per heavy atom. The van der Waals surface area contributed by atoms with E-state index in [1.54, 1.807) is 12.3 Å². The van der Waals surface area contributed by atoms with Crippen LogP contribution in [0.25, 0.3) is 21.9 Å². The minimum Gasteiger partial charge on any atom is -0.486 e. The molecule has 4 heteroatoms. The van der Waals surface area contributed by atoms with E-state index in [2.05, 4.69) is 6.92 Å². The van der Waals surface area contributed by atoms with E-state index in [0.717, 1.165) is 23.6 Å². The quantitative estimate of drug-likeness (QED) is 0.332. The molecule has 1 aromatic carbocycles. The van der Waals surface area contributed by atoms with Crippen LogP contribution in [0.4, 0.5) is 0 Å². The number of hydrogen-bond donors (Lipinski definition) is 0. The van der Waals surface area contributed by atoms with Crippen LogP contribution in [0, 0.1) is 0 Å². The molecule has 0 aliphatic rings. The summed E-state index contributed by atoms with van der Waals surface area (Å²) in [5, 5.41) is 1.80. The van der Waals surface area contributed by atoms with Crippen LogP contribution in [0.2, 0.25) is 0 Å². The second-order valence-corrected chi connectivity index (χ2v) is 6.54.